The smallest absolute Gasteiger partial charge is 0.329 e. The number of non-ortho nitro benzene ring substituents is 1. The van der Waals surface area contributed by atoms with E-state index >= 15 is 0 Å². The second-order valence-electron chi connectivity index (χ2n) is 6.27. The van der Waals surface area contributed by atoms with Gasteiger partial charge in [-0.05, 0) is 30.9 Å². The number of hydrogen-bond acceptors (Lipinski definition) is 8. The van der Waals surface area contributed by atoms with Gasteiger partial charge in [0.05, 0.1) is 4.92 Å². The highest BCUT2D eigenvalue weighted by Gasteiger charge is 2.29. The normalized spacial score (nSPS) is 14.4. The monoisotopic (exact) mass is 423 g/mol. The second-order valence-corrected chi connectivity index (χ2v) is 7.25. The van der Waals surface area contributed by atoms with Gasteiger partial charge in [-0.15, -0.1) is 0 Å². The number of carbonyl (C=O) groups is 4. The van der Waals surface area contributed by atoms with Gasteiger partial charge in [0.15, 0.2) is 6.61 Å². The Morgan fingerprint density at radius 2 is 2.14 bits per heavy atom. The molecule has 0 aliphatic carbocycles. The number of nitrogens with zero attached hydrogens (tertiary/aromatic N) is 2. The number of nitro benzene ring substituents is 1. The van der Waals surface area contributed by atoms with Crippen LogP contribution in [0.5, 0.6) is 0 Å². The number of nitrogens with one attached hydrogen (secondary N) is 1. The third kappa shape index (κ3) is 6.28. The summed E-state index contributed by atoms with van der Waals surface area (Å²) in [4.78, 5) is 59.7. The Bertz CT molecular complexity index is 814. The van der Waals surface area contributed by atoms with Crippen LogP contribution in [-0.4, -0.2) is 64.7 Å². The zero-order valence-corrected chi connectivity index (χ0v) is 16.6. The van der Waals surface area contributed by atoms with Crippen LogP contribution in [0.4, 0.5) is 5.69 Å². The summed E-state index contributed by atoms with van der Waals surface area (Å²) in [6, 6.07) is 4.09. The maximum absolute atomic E-state index is 12.4. The SMILES string of the molecule is CSCC[C@H](NC(=O)c1cccc([N+](=O)[O-])c1)C(=O)OCC(=O)N1CCCC1=O. The molecule has 1 saturated heterocycles. The molecular weight excluding hydrogens is 402 g/mol. The molecule has 0 spiro atoms. The number of hydrogen-bond donors (Lipinski definition) is 1. The molecule has 0 saturated carbocycles. The van der Waals surface area contributed by atoms with Crippen molar-refractivity contribution in [2.75, 3.05) is 25.2 Å². The van der Waals surface area contributed by atoms with Crippen molar-refractivity contribution in [2.24, 2.45) is 0 Å². The molecule has 156 valence electrons. The first kappa shape index (κ1) is 22.3. The van der Waals surface area contributed by atoms with Crippen LogP contribution in [0.3, 0.4) is 0 Å². The summed E-state index contributed by atoms with van der Waals surface area (Å²) in [5.74, 6) is -1.85. The second kappa shape index (κ2) is 10.6. The van der Waals surface area contributed by atoms with Crippen molar-refractivity contribution >= 4 is 41.1 Å². The van der Waals surface area contributed by atoms with Gasteiger partial charge in [-0.1, -0.05) is 6.07 Å². The molecule has 0 radical (unpaired) electrons. The number of nitro groups is 1. The van der Waals surface area contributed by atoms with Crippen LogP contribution in [0, 0.1) is 10.1 Å². The number of imide groups is 1. The lowest BCUT2D eigenvalue weighted by Crippen LogP contribution is -2.44. The molecule has 0 bridgehead atoms. The minimum absolute atomic E-state index is 0.0277. The van der Waals surface area contributed by atoms with E-state index in [1.54, 1.807) is 0 Å². The minimum atomic E-state index is -1.03. The van der Waals surface area contributed by atoms with Gasteiger partial charge in [-0.2, -0.15) is 11.8 Å². The predicted molar refractivity (Wildman–Crippen MR) is 104 cm³/mol. The fourth-order valence-corrected chi connectivity index (χ4v) is 3.18. The Labute approximate surface area is 171 Å². The van der Waals surface area contributed by atoms with E-state index < -0.39 is 35.4 Å². The summed E-state index contributed by atoms with van der Waals surface area (Å²) in [6.45, 7) is -0.290. The molecule has 0 unspecified atom stereocenters. The highest BCUT2D eigenvalue weighted by Crippen LogP contribution is 2.14. The van der Waals surface area contributed by atoms with Gasteiger partial charge in [-0.25, -0.2) is 4.79 Å². The molecule has 1 aromatic rings. The first-order valence-electron chi connectivity index (χ1n) is 8.87. The Kier molecular flexibility index (Phi) is 8.13. The molecule has 3 amide bonds. The summed E-state index contributed by atoms with van der Waals surface area (Å²) in [5.41, 5.74) is -0.221. The summed E-state index contributed by atoms with van der Waals surface area (Å²) in [5, 5.41) is 13.4. The number of rotatable bonds is 9. The van der Waals surface area contributed by atoms with Crippen molar-refractivity contribution in [3.8, 4) is 0 Å². The average molecular weight is 423 g/mol. The molecule has 1 aromatic carbocycles. The first-order valence-corrected chi connectivity index (χ1v) is 10.3. The highest BCUT2D eigenvalue weighted by molar-refractivity contribution is 7.98. The van der Waals surface area contributed by atoms with Gasteiger partial charge in [-0.3, -0.25) is 29.4 Å². The number of benzene rings is 1. The van der Waals surface area contributed by atoms with Gasteiger partial charge >= 0.3 is 5.97 Å². The quantitative estimate of drug-likeness (QED) is 0.355. The van der Waals surface area contributed by atoms with E-state index in [4.69, 9.17) is 4.74 Å². The standard InChI is InChI=1S/C18H21N3O7S/c1-29-9-7-14(18(25)28-11-16(23)20-8-3-6-15(20)22)19-17(24)12-4-2-5-13(10-12)21(26)27/h2,4-5,10,14H,3,6-9,11H2,1H3,(H,19,24)/t14-/m0/s1. The average Bonchev–Trinajstić information content (AvgIpc) is 3.14. The fourth-order valence-electron chi connectivity index (χ4n) is 2.71. The molecule has 29 heavy (non-hydrogen) atoms. The van der Waals surface area contributed by atoms with Crippen molar-refractivity contribution in [3.63, 3.8) is 0 Å². The van der Waals surface area contributed by atoms with Crippen LogP contribution in [0.1, 0.15) is 29.6 Å². The van der Waals surface area contributed by atoms with Gasteiger partial charge in [0.1, 0.15) is 6.04 Å². The third-order valence-electron chi connectivity index (χ3n) is 4.23. The van der Waals surface area contributed by atoms with Crippen molar-refractivity contribution in [2.45, 2.75) is 25.3 Å². The van der Waals surface area contributed by atoms with Crippen molar-refractivity contribution < 1.29 is 28.8 Å². The van der Waals surface area contributed by atoms with E-state index in [0.717, 1.165) is 11.0 Å². The molecule has 1 aliphatic heterocycles. The van der Waals surface area contributed by atoms with Crippen LogP contribution in [-0.2, 0) is 19.1 Å². The fraction of sp³-hybridized carbons (Fsp3) is 0.444. The number of amides is 3. The van der Waals surface area contributed by atoms with E-state index in [9.17, 15) is 29.3 Å². The van der Waals surface area contributed by atoms with Gasteiger partial charge in [0.2, 0.25) is 5.91 Å². The van der Waals surface area contributed by atoms with Crippen LogP contribution in [0.25, 0.3) is 0 Å². The van der Waals surface area contributed by atoms with Crippen molar-refractivity contribution in [1.29, 1.82) is 0 Å². The Morgan fingerprint density at radius 3 is 2.76 bits per heavy atom. The molecular formula is C18H21N3O7S. The molecule has 1 heterocycles. The molecule has 2 rings (SSSR count). The zero-order chi connectivity index (χ0) is 21.4. The van der Waals surface area contributed by atoms with Crippen LogP contribution in [0.2, 0.25) is 0 Å². The molecule has 1 atom stereocenters. The van der Waals surface area contributed by atoms with E-state index in [2.05, 4.69) is 5.32 Å². The van der Waals surface area contributed by atoms with Crippen LogP contribution >= 0.6 is 11.8 Å². The maximum Gasteiger partial charge on any atom is 0.329 e. The molecule has 11 heteroatoms. The summed E-state index contributed by atoms with van der Waals surface area (Å²) in [6.07, 6.45) is 2.94. The van der Waals surface area contributed by atoms with E-state index in [1.807, 2.05) is 6.26 Å². The molecule has 1 N–H and O–H groups in total. The van der Waals surface area contributed by atoms with Gasteiger partial charge in [0, 0.05) is 30.7 Å². The maximum atomic E-state index is 12.4. The molecule has 1 aliphatic rings. The van der Waals surface area contributed by atoms with Crippen LogP contribution in [0.15, 0.2) is 24.3 Å². The lowest BCUT2D eigenvalue weighted by atomic mass is 10.1. The number of carbonyl (C=O) groups excluding carboxylic acids is 4. The first-order chi connectivity index (χ1) is 13.8. The van der Waals surface area contributed by atoms with E-state index in [-0.39, 0.29) is 30.0 Å². The van der Waals surface area contributed by atoms with Gasteiger partial charge < -0.3 is 10.1 Å². The Balaban J connectivity index is 2.00. The van der Waals surface area contributed by atoms with Crippen molar-refractivity contribution in [3.05, 3.63) is 39.9 Å². The zero-order valence-electron chi connectivity index (χ0n) is 15.8. The van der Waals surface area contributed by atoms with E-state index in [1.165, 1.54) is 30.0 Å². The van der Waals surface area contributed by atoms with E-state index in [0.29, 0.717) is 18.7 Å². The molecule has 0 aromatic heterocycles. The number of ether oxygens (including phenoxy) is 1. The number of esters is 1. The lowest BCUT2D eigenvalue weighted by molar-refractivity contribution is -0.384. The topological polar surface area (TPSA) is 136 Å². The number of likely N-dealkylation sites (tertiary alicyclic amines) is 1. The van der Waals surface area contributed by atoms with Gasteiger partial charge in [0.25, 0.3) is 17.5 Å². The largest absolute Gasteiger partial charge is 0.454 e. The third-order valence-corrected chi connectivity index (χ3v) is 4.88. The summed E-state index contributed by atoms with van der Waals surface area (Å²) >= 11 is 1.45. The Morgan fingerprint density at radius 1 is 1.38 bits per heavy atom. The summed E-state index contributed by atoms with van der Waals surface area (Å²) < 4.78 is 5.01. The highest BCUT2D eigenvalue weighted by atomic mass is 32.2. The van der Waals surface area contributed by atoms with Crippen molar-refractivity contribution in [1.82, 2.24) is 10.2 Å². The predicted octanol–water partition coefficient (Wildman–Crippen LogP) is 1.14. The Hall–Kier alpha value is -2.95. The lowest BCUT2D eigenvalue weighted by Gasteiger charge is -2.18. The summed E-state index contributed by atoms with van der Waals surface area (Å²) in [7, 11) is 0. The van der Waals surface area contributed by atoms with Crippen LogP contribution < -0.4 is 5.32 Å². The minimum Gasteiger partial charge on any atom is -0.454 e. The molecule has 1 fully saturated rings. The number of thioether (sulfide) groups is 1. The molecule has 10 nitrogen and oxygen atoms in total.